The third-order valence-electron chi connectivity index (χ3n) is 2.07. The van der Waals surface area contributed by atoms with E-state index in [0.717, 1.165) is 10.3 Å². The number of hydrogen-bond donors (Lipinski definition) is 1. The van der Waals surface area contributed by atoms with Crippen LogP contribution in [-0.2, 0) is 10.0 Å². The highest BCUT2D eigenvalue weighted by atomic mass is 32.2. The summed E-state index contributed by atoms with van der Waals surface area (Å²) in [6.07, 6.45) is 0.970. The molecule has 84 valence electrons. The molecule has 0 atom stereocenters. The summed E-state index contributed by atoms with van der Waals surface area (Å²) in [4.78, 5) is 10.9. The lowest BCUT2D eigenvalue weighted by Gasteiger charge is -1.97. The molecule has 6 nitrogen and oxygen atoms in total. The highest BCUT2D eigenvalue weighted by Crippen LogP contribution is 2.19. The molecule has 0 bridgehead atoms. The second-order valence-electron chi connectivity index (χ2n) is 3.28. The van der Waals surface area contributed by atoms with Crippen LogP contribution in [0.4, 0.5) is 0 Å². The molecule has 0 aliphatic carbocycles. The fourth-order valence-corrected chi connectivity index (χ4v) is 2.20. The zero-order chi connectivity index (χ0) is 11.9. The fourth-order valence-electron chi connectivity index (χ4n) is 1.45. The van der Waals surface area contributed by atoms with E-state index in [1.165, 1.54) is 12.1 Å². The average Bonchev–Trinajstić information content (AvgIpc) is 2.56. The van der Waals surface area contributed by atoms with Crippen molar-refractivity contribution in [2.24, 2.45) is 0 Å². The van der Waals surface area contributed by atoms with E-state index in [0.29, 0.717) is 5.39 Å². The Balaban J connectivity index is 2.93. The van der Waals surface area contributed by atoms with Crippen LogP contribution in [0.5, 0.6) is 0 Å². The summed E-state index contributed by atoms with van der Waals surface area (Å²) in [6, 6.07) is 6.28. The van der Waals surface area contributed by atoms with Gasteiger partial charge in [-0.3, -0.25) is 0 Å². The summed E-state index contributed by atoms with van der Waals surface area (Å²) >= 11 is 0. The molecule has 16 heavy (non-hydrogen) atoms. The molecule has 0 saturated heterocycles. The van der Waals surface area contributed by atoms with Gasteiger partial charge in [-0.1, -0.05) is 18.2 Å². The molecule has 0 aliphatic rings. The maximum absolute atomic E-state index is 11.4. The monoisotopic (exact) mass is 240 g/mol. The van der Waals surface area contributed by atoms with Gasteiger partial charge in [-0.15, -0.1) is 5.10 Å². The number of rotatable bonds is 2. The lowest BCUT2D eigenvalue weighted by molar-refractivity contribution is 0.0692. The average molecular weight is 240 g/mol. The van der Waals surface area contributed by atoms with Crippen molar-refractivity contribution in [1.82, 2.24) is 9.19 Å². The number of para-hydroxylation sites is 1. The van der Waals surface area contributed by atoms with Crippen molar-refractivity contribution in [3.63, 3.8) is 0 Å². The Morgan fingerprint density at radius 1 is 1.38 bits per heavy atom. The molecule has 0 aliphatic heterocycles. The minimum absolute atomic E-state index is 0.263. The van der Waals surface area contributed by atoms with E-state index in [9.17, 15) is 13.2 Å². The van der Waals surface area contributed by atoms with Gasteiger partial charge >= 0.3 is 5.97 Å². The number of carboxylic acid groups (broad SMARTS) is 1. The molecular formula is C9H8N2O4S. The van der Waals surface area contributed by atoms with Gasteiger partial charge in [0.05, 0.1) is 11.8 Å². The number of aromatic nitrogens is 2. The molecule has 2 rings (SSSR count). The predicted molar refractivity (Wildman–Crippen MR) is 56.9 cm³/mol. The number of aromatic carboxylic acids is 1. The van der Waals surface area contributed by atoms with Crippen LogP contribution in [0.3, 0.4) is 0 Å². The number of hydrogen-bond acceptors (Lipinski definition) is 4. The molecule has 0 fully saturated rings. The van der Waals surface area contributed by atoms with E-state index in [-0.39, 0.29) is 11.2 Å². The summed E-state index contributed by atoms with van der Waals surface area (Å²) < 4.78 is 23.5. The third-order valence-corrected chi connectivity index (χ3v) is 2.98. The van der Waals surface area contributed by atoms with Crippen LogP contribution >= 0.6 is 0 Å². The van der Waals surface area contributed by atoms with Crippen LogP contribution in [0.2, 0.25) is 0 Å². The van der Waals surface area contributed by atoms with Gasteiger partial charge in [-0.25, -0.2) is 13.2 Å². The van der Waals surface area contributed by atoms with Crippen molar-refractivity contribution in [3.8, 4) is 0 Å². The topological polar surface area (TPSA) is 89.3 Å². The summed E-state index contributed by atoms with van der Waals surface area (Å²) in [7, 11) is -3.60. The Hall–Kier alpha value is -1.89. The lowest BCUT2D eigenvalue weighted by Crippen LogP contribution is -2.12. The van der Waals surface area contributed by atoms with Gasteiger partial charge < -0.3 is 5.11 Å². The predicted octanol–water partition coefficient (Wildman–Crippen LogP) is 0.542. The van der Waals surface area contributed by atoms with Crippen molar-refractivity contribution in [2.45, 2.75) is 0 Å². The summed E-state index contributed by atoms with van der Waals surface area (Å²) in [5, 5.41) is 12.8. The van der Waals surface area contributed by atoms with Gasteiger partial charge in [0.2, 0.25) is 0 Å². The molecule has 0 spiro atoms. The fraction of sp³-hybridized carbons (Fsp3) is 0.111. The highest BCUT2D eigenvalue weighted by Gasteiger charge is 2.19. The van der Waals surface area contributed by atoms with Crippen LogP contribution in [0.15, 0.2) is 24.3 Å². The molecule has 2 aromatic rings. The molecule has 0 amide bonds. The van der Waals surface area contributed by atoms with Gasteiger partial charge in [-0.05, 0) is 6.07 Å². The van der Waals surface area contributed by atoms with E-state index in [1.54, 1.807) is 12.1 Å². The second-order valence-corrected chi connectivity index (χ2v) is 5.09. The smallest absolute Gasteiger partial charge is 0.357 e. The Morgan fingerprint density at radius 3 is 2.56 bits per heavy atom. The van der Waals surface area contributed by atoms with Gasteiger partial charge in [0.15, 0.2) is 5.69 Å². The molecule has 0 radical (unpaired) electrons. The van der Waals surface area contributed by atoms with Crippen LogP contribution in [0, 0.1) is 0 Å². The molecule has 7 heteroatoms. The first-order valence-electron chi connectivity index (χ1n) is 4.33. The second kappa shape index (κ2) is 3.31. The van der Waals surface area contributed by atoms with Gasteiger partial charge in [0.25, 0.3) is 10.0 Å². The van der Waals surface area contributed by atoms with E-state index < -0.39 is 16.0 Å². The van der Waals surface area contributed by atoms with E-state index >= 15 is 0 Å². The Bertz CT molecular complexity index is 672. The van der Waals surface area contributed by atoms with Crippen LogP contribution in [0.25, 0.3) is 10.9 Å². The van der Waals surface area contributed by atoms with Gasteiger partial charge in [-0.2, -0.15) is 4.09 Å². The van der Waals surface area contributed by atoms with Gasteiger partial charge in [0.1, 0.15) is 0 Å². The Morgan fingerprint density at radius 2 is 2.00 bits per heavy atom. The van der Waals surface area contributed by atoms with Crippen molar-refractivity contribution >= 4 is 26.9 Å². The zero-order valence-electron chi connectivity index (χ0n) is 8.28. The van der Waals surface area contributed by atoms with Crippen molar-refractivity contribution in [3.05, 3.63) is 30.0 Å². The normalized spacial score (nSPS) is 11.8. The highest BCUT2D eigenvalue weighted by molar-refractivity contribution is 7.89. The van der Waals surface area contributed by atoms with Gasteiger partial charge in [0, 0.05) is 5.39 Å². The van der Waals surface area contributed by atoms with Crippen LogP contribution in [0.1, 0.15) is 10.5 Å². The van der Waals surface area contributed by atoms with E-state index in [4.69, 9.17) is 5.11 Å². The first-order valence-corrected chi connectivity index (χ1v) is 6.17. The number of nitrogens with zero attached hydrogens (tertiary/aromatic N) is 2. The standard InChI is InChI=1S/C9H8N2O4S/c1-16(14,15)11-7-5-3-2-4-6(7)8(10-11)9(12)13/h2-5H,1H3,(H,12,13). The van der Waals surface area contributed by atoms with Crippen LogP contribution in [-0.4, -0.2) is 34.9 Å². The Kier molecular flexibility index (Phi) is 2.20. The number of carboxylic acids is 1. The third kappa shape index (κ3) is 1.54. The van der Waals surface area contributed by atoms with Crippen molar-refractivity contribution in [1.29, 1.82) is 0 Å². The largest absolute Gasteiger partial charge is 0.476 e. The zero-order valence-corrected chi connectivity index (χ0v) is 9.10. The first-order chi connectivity index (χ1) is 7.41. The van der Waals surface area contributed by atoms with Crippen LogP contribution < -0.4 is 0 Å². The molecule has 1 aromatic heterocycles. The quantitative estimate of drug-likeness (QED) is 0.827. The maximum Gasteiger partial charge on any atom is 0.357 e. The molecule has 1 aromatic carbocycles. The molecule has 1 N–H and O–H groups in total. The molecule has 1 heterocycles. The number of carbonyl (C=O) groups is 1. The first kappa shape index (κ1) is 10.6. The number of fused-ring (bicyclic) bond motifs is 1. The summed E-state index contributed by atoms with van der Waals surface area (Å²) in [6.45, 7) is 0. The summed E-state index contributed by atoms with van der Waals surface area (Å²) in [5.74, 6) is -1.25. The van der Waals surface area contributed by atoms with Crippen molar-refractivity contribution in [2.75, 3.05) is 6.26 Å². The molecule has 0 saturated carbocycles. The maximum atomic E-state index is 11.4. The molecule has 0 unspecified atom stereocenters. The van der Waals surface area contributed by atoms with E-state index in [1.807, 2.05) is 0 Å². The summed E-state index contributed by atoms with van der Waals surface area (Å²) in [5.41, 5.74) is 0.00317. The lowest BCUT2D eigenvalue weighted by atomic mass is 10.2. The SMILES string of the molecule is CS(=O)(=O)n1nc(C(=O)O)c2ccccc21. The minimum atomic E-state index is -3.60. The number of benzene rings is 1. The Labute approximate surface area is 91.2 Å². The minimum Gasteiger partial charge on any atom is -0.476 e. The van der Waals surface area contributed by atoms with E-state index in [2.05, 4.69) is 5.10 Å². The van der Waals surface area contributed by atoms with Crippen molar-refractivity contribution < 1.29 is 18.3 Å². The molecular weight excluding hydrogens is 232 g/mol.